The molecule has 8 heteroatoms. The molecule has 1 saturated carbocycles. The van der Waals surface area contributed by atoms with Gasteiger partial charge in [0, 0.05) is 6.04 Å². The molecule has 1 aliphatic heterocycles. The number of carbonyl (C=O) groups is 2. The van der Waals surface area contributed by atoms with Crippen LogP contribution in [0.2, 0.25) is 5.02 Å². The number of hydrogen-bond donors (Lipinski definition) is 1. The van der Waals surface area contributed by atoms with Crippen molar-refractivity contribution >= 4 is 46.9 Å². The van der Waals surface area contributed by atoms with Crippen molar-refractivity contribution in [1.29, 1.82) is 0 Å². The fraction of sp³-hybridized carbons (Fsp3) is 0.450. The van der Waals surface area contributed by atoms with Gasteiger partial charge in [-0.15, -0.1) is 0 Å². The zero-order valence-corrected chi connectivity index (χ0v) is 17.3. The van der Waals surface area contributed by atoms with Gasteiger partial charge in [-0.05, 0) is 55.8 Å². The van der Waals surface area contributed by atoms with E-state index >= 15 is 0 Å². The van der Waals surface area contributed by atoms with Gasteiger partial charge >= 0.3 is 5.97 Å². The van der Waals surface area contributed by atoms with E-state index in [-0.39, 0.29) is 18.6 Å². The minimum Gasteiger partial charge on any atom is -0.480 e. The summed E-state index contributed by atoms with van der Waals surface area (Å²) in [5.74, 6) is -0.181. The van der Waals surface area contributed by atoms with Gasteiger partial charge in [0.1, 0.15) is 11.4 Å². The Morgan fingerprint density at radius 2 is 2.11 bits per heavy atom. The minimum atomic E-state index is -0.457. The summed E-state index contributed by atoms with van der Waals surface area (Å²) < 4.78 is 10.2. The summed E-state index contributed by atoms with van der Waals surface area (Å²) in [7, 11) is 0. The van der Waals surface area contributed by atoms with Crippen molar-refractivity contribution < 1.29 is 19.1 Å². The Kier molecular flexibility index (Phi) is 6.91. The van der Waals surface area contributed by atoms with Gasteiger partial charge in [-0.2, -0.15) is 0 Å². The third-order valence-electron chi connectivity index (χ3n) is 4.77. The number of carbonyl (C=O) groups excluding carboxylic acids is 2. The number of halogens is 1. The Labute approximate surface area is 174 Å². The number of ether oxygens (including phenoxy) is 2. The van der Waals surface area contributed by atoms with Crippen molar-refractivity contribution in [2.24, 2.45) is 0 Å². The summed E-state index contributed by atoms with van der Waals surface area (Å²) in [6.07, 6.45) is 7.15. The van der Waals surface area contributed by atoms with Gasteiger partial charge in [-0.3, -0.25) is 9.69 Å². The fourth-order valence-corrected chi connectivity index (χ4v) is 4.03. The van der Waals surface area contributed by atoms with Crippen LogP contribution in [-0.2, 0) is 14.3 Å². The Balaban J connectivity index is 1.69. The predicted octanol–water partition coefficient (Wildman–Crippen LogP) is 3.67. The molecule has 6 nitrogen and oxygen atoms in total. The van der Waals surface area contributed by atoms with E-state index in [9.17, 15) is 9.59 Å². The molecule has 2 aliphatic rings. The summed E-state index contributed by atoms with van der Waals surface area (Å²) >= 11 is 11.6. The van der Waals surface area contributed by atoms with Crippen LogP contribution in [0, 0.1) is 0 Å². The van der Waals surface area contributed by atoms with Crippen molar-refractivity contribution in [3.8, 4) is 5.75 Å². The number of rotatable bonds is 6. The smallest absolute Gasteiger partial charge is 0.344 e. The lowest BCUT2D eigenvalue weighted by molar-refractivity contribution is -0.145. The van der Waals surface area contributed by atoms with Gasteiger partial charge in [0.2, 0.25) is 0 Å². The number of benzene rings is 1. The molecule has 1 N–H and O–H groups in total. The number of thiocarbonyl (C=S) groups is 1. The topological polar surface area (TPSA) is 67.9 Å². The first-order valence-electron chi connectivity index (χ1n) is 9.43. The molecule has 1 saturated heterocycles. The molecule has 0 atom stereocenters. The standard InChI is InChI=1S/C20H23ClN2O4S/c1-2-26-18(24)12-27-17-9-8-13(10-15(17)21)11-16-19(25)23(20(28)22-16)14-6-4-3-5-7-14/h8-11,14H,2-7,12H2,1H3,(H,22,28)/b16-11+. The summed E-state index contributed by atoms with van der Waals surface area (Å²) in [6.45, 7) is 1.81. The first-order valence-corrected chi connectivity index (χ1v) is 10.2. The maximum absolute atomic E-state index is 12.8. The minimum absolute atomic E-state index is 0.101. The van der Waals surface area contributed by atoms with E-state index < -0.39 is 5.97 Å². The van der Waals surface area contributed by atoms with Gasteiger partial charge in [0.15, 0.2) is 11.7 Å². The van der Waals surface area contributed by atoms with E-state index in [1.165, 1.54) is 6.42 Å². The number of esters is 1. The SMILES string of the molecule is CCOC(=O)COc1ccc(/C=C2/NC(=S)N(C3CCCCC3)C2=O)cc1Cl. The van der Waals surface area contributed by atoms with Crippen LogP contribution in [0.25, 0.3) is 6.08 Å². The number of nitrogens with one attached hydrogen (secondary N) is 1. The molecular weight excluding hydrogens is 400 g/mol. The van der Waals surface area contributed by atoms with Crippen LogP contribution in [0.4, 0.5) is 0 Å². The summed E-state index contributed by atoms with van der Waals surface area (Å²) in [6, 6.07) is 5.27. The largest absolute Gasteiger partial charge is 0.480 e. The number of amides is 1. The molecule has 1 heterocycles. The van der Waals surface area contributed by atoms with E-state index in [4.69, 9.17) is 33.3 Å². The van der Waals surface area contributed by atoms with E-state index in [2.05, 4.69) is 5.32 Å². The van der Waals surface area contributed by atoms with Crippen LogP contribution >= 0.6 is 23.8 Å². The zero-order chi connectivity index (χ0) is 20.1. The molecule has 0 spiro atoms. The van der Waals surface area contributed by atoms with E-state index in [0.29, 0.717) is 28.2 Å². The van der Waals surface area contributed by atoms with Crippen molar-refractivity contribution in [2.45, 2.75) is 45.1 Å². The fourth-order valence-electron chi connectivity index (χ4n) is 3.45. The first-order chi connectivity index (χ1) is 13.5. The molecule has 28 heavy (non-hydrogen) atoms. The highest BCUT2D eigenvalue weighted by Crippen LogP contribution is 2.29. The third kappa shape index (κ3) is 4.83. The second-order valence-electron chi connectivity index (χ2n) is 6.74. The Morgan fingerprint density at radius 1 is 1.36 bits per heavy atom. The molecule has 1 aliphatic carbocycles. The quantitative estimate of drug-likeness (QED) is 0.428. The molecule has 0 aromatic heterocycles. The number of nitrogens with zero attached hydrogens (tertiary/aromatic N) is 1. The lowest BCUT2D eigenvalue weighted by atomic mass is 9.94. The Hall–Kier alpha value is -2.12. The second kappa shape index (κ2) is 9.39. The monoisotopic (exact) mass is 422 g/mol. The molecule has 1 aromatic rings. The van der Waals surface area contributed by atoms with Gasteiger partial charge in [-0.25, -0.2) is 4.79 Å². The highest BCUT2D eigenvalue weighted by Gasteiger charge is 2.36. The first kappa shape index (κ1) is 20.6. The van der Waals surface area contributed by atoms with Crippen LogP contribution < -0.4 is 10.1 Å². The zero-order valence-electron chi connectivity index (χ0n) is 15.7. The summed E-state index contributed by atoms with van der Waals surface area (Å²) in [4.78, 5) is 25.9. The van der Waals surface area contributed by atoms with Gasteiger partial charge in [-0.1, -0.05) is 36.9 Å². The lowest BCUT2D eigenvalue weighted by Crippen LogP contribution is -2.41. The molecule has 3 rings (SSSR count). The van der Waals surface area contributed by atoms with Crippen LogP contribution in [0.1, 0.15) is 44.6 Å². The van der Waals surface area contributed by atoms with E-state index in [1.807, 2.05) is 0 Å². The van der Waals surface area contributed by atoms with Gasteiger partial charge in [0.05, 0.1) is 11.6 Å². The van der Waals surface area contributed by atoms with Crippen LogP contribution in [0.3, 0.4) is 0 Å². The van der Waals surface area contributed by atoms with Crippen LogP contribution in [0.15, 0.2) is 23.9 Å². The average Bonchev–Trinajstić information content (AvgIpc) is 2.95. The average molecular weight is 423 g/mol. The highest BCUT2D eigenvalue weighted by molar-refractivity contribution is 7.80. The normalized spacial score (nSPS) is 19.1. The molecular formula is C20H23ClN2O4S. The maximum Gasteiger partial charge on any atom is 0.344 e. The molecule has 2 fully saturated rings. The molecule has 1 amide bonds. The second-order valence-corrected chi connectivity index (χ2v) is 7.53. The van der Waals surface area contributed by atoms with Gasteiger partial charge in [0.25, 0.3) is 5.91 Å². The molecule has 150 valence electrons. The van der Waals surface area contributed by atoms with Crippen LogP contribution in [0.5, 0.6) is 5.75 Å². The molecule has 0 radical (unpaired) electrons. The molecule has 1 aromatic carbocycles. The van der Waals surface area contributed by atoms with Crippen LogP contribution in [-0.4, -0.2) is 41.1 Å². The number of hydrogen-bond acceptors (Lipinski definition) is 5. The molecule has 0 bridgehead atoms. The third-order valence-corrected chi connectivity index (χ3v) is 5.36. The Bertz CT molecular complexity index is 805. The van der Waals surface area contributed by atoms with E-state index in [0.717, 1.165) is 31.2 Å². The lowest BCUT2D eigenvalue weighted by Gasteiger charge is -2.29. The predicted molar refractivity (Wildman–Crippen MR) is 111 cm³/mol. The molecule has 0 unspecified atom stereocenters. The summed E-state index contributed by atoms with van der Waals surface area (Å²) in [5, 5.41) is 3.83. The van der Waals surface area contributed by atoms with E-state index in [1.54, 1.807) is 36.1 Å². The van der Waals surface area contributed by atoms with Crippen molar-refractivity contribution in [1.82, 2.24) is 10.2 Å². The summed E-state index contributed by atoms with van der Waals surface area (Å²) in [5.41, 5.74) is 1.17. The van der Waals surface area contributed by atoms with Crippen molar-refractivity contribution in [2.75, 3.05) is 13.2 Å². The van der Waals surface area contributed by atoms with Crippen molar-refractivity contribution in [3.63, 3.8) is 0 Å². The maximum atomic E-state index is 12.8. The van der Waals surface area contributed by atoms with Crippen molar-refractivity contribution in [3.05, 3.63) is 34.5 Å². The Morgan fingerprint density at radius 3 is 2.79 bits per heavy atom. The van der Waals surface area contributed by atoms with Gasteiger partial charge < -0.3 is 14.8 Å². The highest BCUT2D eigenvalue weighted by atomic mass is 35.5.